The Morgan fingerprint density at radius 3 is 2.27 bits per heavy atom. The molecule has 0 saturated carbocycles. The number of aliphatic imine (C=N–C) groups is 1. The van der Waals surface area contributed by atoms with E-state index in [1.165, 1.54) is 16.7 Å². The van der Waals surface area contributed by atoms with Crippen molar-refractivity contribution in [1.29, 1.82) is 0 Å². The second-order valence-electron chi connectivity index (χ2n) is 6.63. The van der Waals surface area contributed by atoms with E-state index in [1.54, 1.807) is 0 Å². The van der Waals surface area contributed by atoms with Crippen molar-refractivity contribution in [1.82, 2.24) is 0 Å². The Labute approximate surface area is 132 Å². The Balaban J connectivity index is 1.63. The molecule has 0 atom stereocenters. The number of anilines is 1. The summed E-state index contributed by atoms with van der Waals surface area (Å²) in [5.74, 6) is 0.487. The summed E-state index contributed by atoms with van der Waals surface area (Å²) >= 11 is 0. The first-order chi connectivity index (χ1) is 10.5. The monoisotopic (exact) mass is 293 g/mol. The second kappa shape index (κ2) is 5.84. The highest BCUT2D eigenvalue weighted by Crippen LogP contribution is 2.36. The van der Waals surface area contributed by atoms with E-state index in [4.69, 9.17) is 5.73 Å². The van der Waals surface area contributed by atoms with Gasteiger partial charge in [0.1, 0.15) is 0 Å². The van der Waals surface area contributed by atoms with Gasteiger partial charge in [-0.1, -0.05) is 48.9 Å². The van der Waals surface area contributed by atoms with E-state index in [1.807, 2.05) is 12.1 Å². The molecule has 3 rings (SSSR count). The van der Waals surface area contributed by atoms with Gasteiger partial charge in [0, 0.05) is 12.2 Å². The van der Waals surface area contributed by atoms with Gasteiger partial charge >= 0.3 is 0 Å². The molecule has 22 heavy (non-hydrogen) atoms. The minimum atomic E-state index is 0.170. The van der Waals surface area contributed by atoms with Crippen LogP contribution >= 0.6 is 0 Å². The maximum absolute atomic E-state index is 6.02. The number of fused-ring (bicyclic) bond motifs is 1. The third-order valence-corrected chi connectivity index (χ3v) is 4.31. The second-order valence-corrected chi connectivity index (χ2v) is 6.63. The largest absolute Gasteiger partial charge is 0.370 e. The zero-order valence-corrected chi connectivity index (χ0v) is 13.3. The van der Waals surface area contributed by atoms with Crippen LogP contribution in [-0.2, 0) is 12.8 Å². The van der Waals surface area contributed by atoms with E-state index < -0.39 is 0 Å². The maximum atomic E-state index is 6.02. The van der Waals surface area contributed by atoms with Gasteiger partial charge in [0.2, 0.25) is 0 Å². The average Bonchev–Trinajstić information content (AvgIpc) is 2.84. The molecule has 0 saturated heterocycles. The fourth-order valence-corrected chi connectivity index (χ4v) is 3.10. The van der Waals surface area contributed by atoms with Crippen LogP contribution in [0, 0.1) is 12.3 Å². The predicted molar refractivity (Wildman–Crippen MR) is 93.2 cm³/mol. The van der Waals surface area contributed by atoms with Gasteiger partial charge in [0.05, 0.1) is 0 Å². The van der Waals surface area contributed by atoms with Gasteiger partial charge < -0.3 is 11.1 Å². The molecule has 0 amide bonds. The molecule has 0 bridgehead atoms. The molecule has 0 aromatic heterocycles. The van der Waals surface area contributed by atoms with Crippen molar-refractivity contribution in [2.75, 3.05) is 11.9 Å². The fourth-order valence-electron chi connectivity index (χ4n) is 3.10. The summed E-state index contributed by atoms with van der Waals surface area (Å²) < 4.78 is 0. The zero-order chi connectivity index (χ0) is 15.6. The van der Waals surface area contributed by atoms with Crippen molar-refractivity contribution < 1.29 is 0 Å². The van der Waals surface area contributed by atoms with Crippen LogP contribution in [0.5, 0.6) is 0 Å². The van der Waals surface area contributed by atoms with Crippen molar-refractivity contribution in [2.24, 2.45) is 16.1 Å². The highest BCUT2D eigenvalue weighted by molar-refractivity contribution is 5.92. The minimum Gasteiger partial charge on any atom is -0.370 e. The smallest absolute Gasteiger partial charge is 0.193 e. The fraction of sp³-hybridized carbons (Fsp3) is 0.316. The predicted octanol–water partition coefficient (Wildman–Crippen LogP) is 3.53. The summed E-state index contributed by atoms with van der Waals surface area (Å²) in [5, 5.41) is 3.16. The quantitative estimate of drug-likeness (QED) is 0.672. The molecule has 0 radical (unpaired) electrons. The molecule has 0 aliphatic heterocycles. The summed E-state index contributed by atoms with van der Waals surface area (Å²) in [7, 11) is 0. The SMILES string of the molecule is Cc1ccc(NC(N)=NCC2(C)Cc3ccccc3C2)cc1. The zero-order valence-electron chi connectivity index (χ0n) is 13.3. The average molecular weight is 293 g/mol. The number of rotatable bonds is 3. The Morgan fingerprint density at radius 1 is 1.09 bits per heavy atom. The van der Waals surface area contributed by atoms with Crippen LogP contribution in [0.15, 0.2) is 53.5 Å². The molecule has 1 aliphatic carbocycles. The van der Waals surface area contributed by atoms with Gasteiger partial charge in [-0.15, -0.1) is 0 Å². The van der Waals surface area contributed by atoms with Gasteiger partial charge in [-0.05, 0) is 48.4 Å². The van der Waals surface area contributed by atoms with Crippen molar-refractivity contribution in [2.45, 2.75) is 26.7 Å². The number of guanidine groups is 1. The van der Waals surface area contributed by atoms with E-state index in [2.05, 4.69) is 60.6 Å². The summed E-state index contributed by atoms with van der Waals surface area (Å²) in [4.78, 5) is 4.56. The molecule has 0 unspecified atom stereocenters. The lowest BCUT2D eigenvalue weighted by Gasteiger charge is -2.21. The van der Waals surface area contributed by atoms with E-state index in [0.29, 0.717) is 5.96 Å². The Kier molecular flexibility index (Phi) is 3.88. The summed E-state index contributed by atoms with van der Waals surface area (Å²) in [6.07, 6.45) is 2.15. The molecule has 2 aromatic carbocycles. The Bertz CT molecular complexity index is 661. The molecule has 114 valence electrons. The summed E-state index contributed by atoms with van der Waals surface area (Å²) in [6, 6.07) is 16.8. The van der Waals surface area contributed by atoms with E-state index in [9.17, 15) is 0 Å². The van der Waals surface area contributed by atoms with Crippen LogP contribution in [0.2, 0.25) is 0 Å². The van der Waals surface area contributed by atoms with Gasteiger partial charge in [-0.2, -0.15) is 0 Å². The van der Waals surface area contributed by atoms with Crippen LogP contribution in [0.1, 0.15) is 23.6 Å². The van der Waals surface area contributed by atoms with Gasteiger partial charge in [-0.3, -0.25) is 4.99 Å². The minimum absolute atomic E-state index is 0.170. The number of nitrogens with one attached hydrogen (secondary N) is 1. The lowest BCUT2D eigenvalue weighted by Crippen LogP contribution is -2.27. The normalized spacial score (nSPS) is 16.4. The van der Waals surface area contributed by atoms with Crippen LogP contribution < -0.4 is 11.1 Å². The highest BCUT2D eigenvalue weighted by Gasteiger charge is 2.32. The topological polar surface area (TPSA) is 50.4 Å². The molecule has 3 N–H and O–H groups in total. The number of hydrogen-bond donors (Lipinski definition) is 2. The number of nitrogens with two attached hydrogens (primary N) is 1. The lowest BCUT2D eigenvalue weighted by atomic mass is 9.87. The number of aryl methyl sites for hydroxylation is 1. The van der Waals surface area contributed by atoms with E-state index in [0.717, 1.165) is 25.1 Å². The van der Waals surface area contributed by atoms with Gasteiger partial charge in [0.25, 0.3) is 0 Å². The highest BCUT2D eigenvalue weighted by atomic mass is 15.1. The molecule has 2 aromatic rings. The Hall–Kier alpha value is -2.29. The third-order valence-electron chi connectivity index (χ3n) is 4.31. The maximum Gasteiger partial charge on any atom is 0.193 e. The molecule has 1 aliphatic rings. The molecular formula is C19H23N3. The molecule has 0 fully saturated rings. The van der Waals surface area contributed by atoms with Crippen LogP contribution in [0.25, 0.3) is 0 Å². The number of benzene rings is 2. The molecule has 3 heteroatoms. The Morgan fingerprint density at radius 2 is 1.68 bits per heavy atom. The first kappa shape index (κ1) is 14.6. The van der Waals surface area contributed by atoms with E-state index in [-0.39, 0.29) is 5.41 Å². The number of nitrogens with zero attached hydrogens (tertiary/aromatic N) is 1. The molecular weight excluding hydrogens is 270 g/mol. The molecule has 0 spiro atoms. The van der Waals surface area contributed by atoms with Crippen molar-refractivity contribution in [3.8, 4) is 0 Å². The first-order valence-electron chi connectivity index (χ1n) is 7.74. The van der Waals surface area contributed by atoms with Crippen molar-refractivity contribution in [3.63, 3.8) is 0 Å². The van der Waals surface area contributed by atoms with E-state index >= 15 is 0 Å². The van der Waals surface area contributed by atoms with Crippen LogP contribution in [-0.4, -0.2) is 12.5 Å². The van der Waals surface area contributed by atoms with Gasteiger partial charge in [0.15, 0.2) is 5.96 Å². The summed E-state index contributed by atoms with van der Waals surface area (Å²) in [6.45, 7) is 5.10. The first-order valence-corrected chi connectivity index (χ1v) is 7.74. The number of hydrogen-bond acceptors (Lipinski definition) is 1. The molecule has 3 nitrogen and oxygen atoms in total. The van der Waals surface area contributed by atoms with Crippen molar-refractivity contribution in [3.05, 3.63) is 65.2 Å². The van der Waals surface area contributed by atoms with Gasteiger partial charge in [-0.25, -0.2) is 0 Å². The van der Waals surface area contributed by atoms with Crippen LogP contribution in [0.4, 0.5) is 5.69 Å². The summed E-state index contributed by atoms with van der Waals surface area (Å²) in [5.41, 5.74) is 11.3. The lowest BCUT2D eigenvalue weighted by molar-refractivity contribution is 0.360. The third kappa shape index (κ3) is 3.30. The van der Waals surface area contributed by atoms with Crippen molar-refractivity contribution >= 4 is 11.6 Å². The van der Waals surface area contributed by atoms with Crippen LogP contribution in [0.3, 0.4) is 0 Å². The molecule has 0 heterocycles. The standard InChI is InChI=1S/C19H23N3/c1-14-7-9-17(10-8-14)22-18(20)21-13-19(2)11-15-5-3-4-6-16(15)12-19/h3-10H,11-13H2,1-2H3,(H3,20,21,22).